The lowest BCUT2D eigenvalue weighted by molar-refractivity contribution is -0.126. The summed E-state index contributed by atoms with van der Waals surface area (Å²) in [7, 11) is 0. The van der Waals surface area contributed by atoms with Gasteiger partial charge in [-0.2, -0.15) is 0 Å². The molecule has 1 aromatic rings. The lowest BCUT2D eigenvalue weighted by Gasteiger charge is -2.59. The predicted octanol–water partition coefficient (Wildman–Crippen LogP) is 5.53. The SMILES string of the molecule is Cc1cc(Cl)ccc1OCCCC(=O)N[C@@H](C)C12CC3CC(CC(C3)C1)C2. The Balaban J connectivity index is 1.22. The van der Waals surface area contributed by atoms with E-state index in [4.69, 9.17) is 16.3 Å². The number of amides is 1. The van der Waals surface area contributed by atoms with Gasteiger partial charge in [0.2, 0.25) is 5.91 Å². The molecule has 4 fully saturated rings. The monoisotopic (exact) mass is 389 g/mol. The van der Waals surface area contributed by atoms with Crippen molar-refractivity contribution in [3.63, 3.8) is 0 Å². The van der Waals surface area contributed by atoms with Crippen LogP contribution in [0.1, 0.15) is 63.9 Å². The third-order valence-corrected chi connectivity index (χ3v) is 7.56. The quantitative estimate of drug-likeness (QED) is 0.622. The van der Waals surface area contributed by atoms with Gasteiger partial charge in [0.1, 0.15) is 5.75 Å². The van der Waals surface area contributed by atoms with E-state index in [1.165, 1.54) is 38.5 Å². The van der Waals surface area contributed by atoms with Crippen molar-refractivity contribution in [2.75, 3.05) is 6.61 Å². The molecule has 148 valence electrons. The summed E-state index contributed by atoms with van der Waals surface area (Å²) in [6.45, 7) is 4.79. The maximum absolute atomic E-state index is 12.5. The number of halogens is 1. The minimum Gasteiger partial charge on any atom is -0.493 e. The molecule has 1 amide bonds. The molecule has 0 aliphatic heterocycles. The summed E-state index contributed by atoms with van der Waals surface area (Å²) in [5.41, 5.74) is 1.41. The van der Waals surface area contributed by atoms with Crippen molar-refractivity contribution in [1.29, 1.82) is 0 Å². The minimum absolute atomic E-state index is 0.176. The summed E-state index contributed by atoms with van der Waals surface area (Å²) < 4.78 is 5.81. The summed E-state index contributed by atoms with van der Waals surface area (Å²) in [4.78, 5) is 12.5. The number of benzene rings is 1. The van der Waals surface area contributed by atoms with Gasteiger partial charge in [-0.1, -0.05) is 11.6 Å². The first kappa shape index (κ1) is 19.1. The van der Waals surface area contributed by atoms with Crippen molar-refractivity contribution in [2.24, 2.45) is 23.2 Å². The summed E-state index contributed by atoms with van der Waals surface area (Å²) in [5, 5.41) is 4.06. The topological polar surface area (TPSA) is 38.3 Å². The number of ether oxygens (including phenoxy) is 1. The van der Waals surface area contributed by atoms with Crippen LogP contribution < -0.4 is 10.1 Å². The Bertz CT molecular complexity index is 666. The van der Waals surface area contributed by atoms with Gasteiger partial charge in [-0.3, -0.25) is 4.79 Å². The first-order chi connectivity index (χ1) is 12.9. The summed E-state index contributed by atoms with van der Waals surface area (Å²) in [6, 6.07) is 5.94. The van der Waals surface area contributed by atoms with Crippen LogP contribution in [0.4, 0.5) is 0 Å². The van der Waals surface area contributed by atoms with E-state index < -0.39 is 0 Å². The van der Waals surface area contributed by atoms with E-state index >= 15 is 0 Å². The average molecular weight is 390 g/mol. The van der Waals surface area contributed by atoms with Crippen LogP contribution in [0, 0.1) is 30.1 Å². The van der Waals surface area contributed by atoms with Crippen LogP contribution in [-0.2, 0) is 4.79 Å². The highest BCUT2D eigenvalue weighted by Crippen LogP contribution is 2.61. The van der Waals surface area contributed by atoms with Gasteiger partial charge in [0.25, 0.3) is 0 Å². The summed E-state index contributed by atoms with van der Waals surface area (Å²) in [5.74, 6) is 3.79. The fourth-order valence-electron chi connectivity index (χ4n) is 6.36. The van der Waals surface area contributed by atoms with Crippen molar-refractivity contribution in [3.8, 4) is 5.75 Å². The number of nitrogens with one attached hydrogen (secondary N) is 1. The molecule has 1 atom stereocenters. The van der Waals surface area contributed by atoms with Crippen LogP contribution in [-0.4, -0.2) is 18.6 Å². The highest BCUT2D eigenvalue weighted by atomic mass is 35.5. The van der Waals surface area contributed by atoms with E-state index in [2.05, 4.69) is 12.2 Å². The average Bonchev–Trinajstić information content (AvgIpc) is 2.59. The number of hydrogen-bond acceptors (Lipinski definition) is 2. The van der Waals surface area contributed by atoms with Crippen LogP contribution in [0.3, 0.4) is 0 Å². The number of aryl methyl sites for hydroxylation is 1. The van der Waals surface area contributed by atoms with E-state index in [-0.39, 0.29) is 5.91 Å². The predicted molar refractivity (Wildman–Crippen MR) is 109 cm³/mol. The van der Waals surface area contributed by atoms with E-state index in [1.54, 1.807) is 0 Å². The van der Waals surface area contributed by atoms with Gasteiger partial charge in [-0.05, 0) is 106 Å². The van der Waals surface area contributed by atoms with Gasteiger partial charge in [0.05, 0.1) is 6.61 Å². The molecule has 0 heterocycles. The molecule has 1 N–H and O–H groups in total. The molecule has 4 aliphatic rings. The zero-order valence-electron chi connectivity index (χ0n) is 16.6. The second kappa shape index (κ2) is 7.66. The molecular weight excluding hydrogens is 358 g/mol. The maximum atomic E-state index is 12.5. The number of carbonyl (C=O) groups is 1. The van der Waals surface area contributed by atoms with Gasteiger partial charge in [0, 0.05) is 17.5 Å². The Morgan fingerprint density at radius 2 is 1.85 bits per heavy atom. The smallest absolute Gasteiger partial charge is 0.220 e. The molecule has 0 unspecified atom stereocenters. The molecule has 4 heteroatoms. The Hall–Kier alpha value is -1.22. The van der Waals surface area contributed by atoms with Gasteiger partial charge < -0.3 is 10.1 Å². The summed E-state index contributed by atoms with van der Waals surface area (Å²) in [6.07, 6.45) is 9.60. The molecule has 0 aromatic heterocycles. The molecule has 5 rings (SSSR count). The maximum Gasteiger partial charge on any atom is 0.220 e. The van der Waals surface area contributed by atoms with E-state index in [0.29, 0.717) is 24.5 Å². The molecule has 0 spiro atoms. The molecule has 3 nitrogen and oxygen atoms in total. The van der Waals surface area contributed by atoms with Crippen LogP contribution in [0.25, 0.3) is 0 Å². The Morgan fingerprint density at radius 1 is 1.22 bits per heavy atom. The number of rotatable bonds is 7. The standard InChI is InChI=1S/C23H32ClNO2/c1-15-8-20(24)5-6-21(15)27-7-3-4-22(26)25-16(2)23-12-17-9-18(13-23)11-19(10-17)14-23/h5-6,8,16-19H,3-4,7,9-14H2,1-2H3,(H,25,26)/t16-,17?,18?,19?,23?/m0/s1. The Labute approximate surface area is 168 Å². The molecule has 27 heavy (non-hydrogen) atoms. The third kappa shape index (κ3) is 4.13. The second-order valence-electron chi connectivity index (χ2n) is 9.43. The number of carbonyl (C=O) groups excluding carboxylic acids is 1. The lowest BCUT2D eigenvalue weighted by atomic mass is 9.48. The van der Waals surface area contributed by atoms with Crippen molar-refractivity contribution in [2.45, 2.75) is 71.3 Å². The van der Waals surface area contributed by atoms with Crippen molar-refractivity contribution in [3.05, 3.63) is 28.8 Å². The number of hydrogen-bond donors (Lipinski definition) is 1. The van der Waals surface area contributed by atoms with E-state index in [9.17, 15) is 4.79 Å². The van der Waals surface area contributed by atoms with Crippen LogP contribution in [0.5, 0.6) is 5.75 Å². The highest BCUT2D eigenvalue weighted by molar-refractivity contribution is 6.30. The van der Waals surface area contributed by atoms with Gasteiger partial charge in [-0.15, -0.1) is 0 Å². The Kier molecular flexibility index (Phi) is 5.42. The summed E-state index contributed by atoms with van der Waals surface area (Å²) >= 11 is 5.97. The molecular formula is C23H32ClNO2. The first-order valence-electron chi connectivity index (χ1n) is 10.6. The van der Waals surface area contributed by atoms with Gasteiger partial charge >= 0.3 is 0 Å². The van der Waals surface area contributed by atoms with Crippen LogP contribution in [0.2, 0.25) is 5.02 Å². The second-order valence-corrected chi connectivity index (χ2v) is 9.87. The third-order valence-electron chi connectivity index (χ3n) is 7.32. The van der Waals surface area contributed by atoms with Crippen LogP contribution in [0.15, 0.2) is 18.2 Å². The largest absolute Gasteiger partial charge is 0.493 e. The molecule has 0 saturated heterocycles. The van der Waals surface area contributed by atoms with Crippen molar-refractivity contribution >= 4 is 17.5 Å². The van der Waals surface area contributed by atoms with E-state index in [1.807, 2.05) is 25.1 Å². The van der Waals surface area contributed by atoms with Crippen molar-refractivity contribution < 1.29 is 9.53 Å². The lowest BCUT2D eigenvalue weighted by Crippen LogP contribution is -2.55. The molecule has 4 bridgehead atoms. The highest BCUT2D eigenvalue weighted by Gasteiger charge is 2.53. The fraction of sp³-hybridized carbons (Fsp3) is 0.696. The zero-order chi connectivity index (χ0) is 19.0. The zero-order valence-corrected chi connectivity index (χ0v) is 17.4. The first-order valence-corrected chi connectivity index (χ1v) is 11.0. The van der Waals surface area contributed by atoms with Gasteiger partial charge in [0.15, 0.2) is 0 Å². The van der Waals surface area contributed by atoms with E-state index in [0.717, 1.165) is 40.5 Å². The molecule has 1 aromatic carbocycles. The normalized spacial score (nSPS) is 32.3. The van der Waals surface area contributed by atoms with Crippen molar-refractivity contribution in [1.82, 2.24) is 5.32 Å². The minimum atomic E-state index is 0.176. The molecule has 0 radical (unpaired) electrons. The van der Waals surface area contributed by atoms with Gasteiger partial charge in [-0.25, -0.2) is 0 Å². The fourth-order valence-corrected chi connectivity index (χ4v) is 6.59. The molecule has 4 aliphatic carbocycles. The Morgan fingerprint density at radius 3 is 2.44 bits per heavy atom. The molecule has 4 saturated carbocycles. The van der Waals surface area contributed by atoms with Crippen LogP contribution >= 0.6 is 11.6 Å².